The van der Waals surface area contributed by atoms with Gasteiger partial charge in [-0.2, -0.15) is 0 Å². The first-order chi connectivity index (χ1) is 29.8. The molecule has 23 heteroatoms. The molecule has 0 radical (unpaired) electrons. The minimum atomic E-state index is -0.962. The molecule has 0 saturated carbocycles. The van der Waals surface area contributed by atoms with Crippen LogP contribution in [-0.2, 0) is 23.9 Å². The fraction of sp³-hybridized carbons (Fsp3) is 0.535. The second-order valence-electron chi connectivity index (χ2n) is 17.7. The smallest absolute Gasteiger partial charge is 0.411 e. The molecule has 3 fully saturated rings. The van der Waals surface area contributed by atoms with Gasteiger partial charge < -0.3 is 29.9 Å². The minimum Gasteiger partial charge on any atom is -0.444 e. The number of ether oxygens (including phenoxy) is 2. The number of anilines is 2. The van der Waals surface area contributed by atoms with E-state index in [1.807, 2.05) is 91.9 Å². The zero-order valence-corrected chi connectivity index (χ0v) is 51.7. The number of amides is 5. The second kappa shape index (κ2) is 30.9. The summed E-state index contributed by atoms with van der Waals surface area (Å²) in [5.41, 5.74) is -1.80. The third-order valence-corrected chi connectivity index (χ3v) is 9.93. The number of rotatable bonds is 2. The predicted octanol–water partition coefficient (Wildman–Crippen LogP) is 9.77. The molecule has 6 rings (SSSR count). The summed E-state index contributed by atoms with van der Waals surface area (Å²) in [4.78, 5) is 79.1. The highest BCUT2D eigenvalue weighted by molar-refractivity contribution is 15.0. The highest BCUT2D eigenvalue weighted by Gasteiger charge is 2.46. The summed E-state index contributed by atoms with van der Waals surface area (Å²) in [6, 6.07) is 11.3. The average Bonchev–Trinajstić information content (AvgIpc) is 3.22. The second-order valence-corrected chi connectivity index (χ2v) is 18.9. The minimum absolute atomic E-state index is 0. The van der Waals surface area contributed by atoms with E-state index in [1.54, 1.807) is 74.5 Å². The fourth-order valence-corrected chi connectivity index (χ4v) is 6.42. The van der Waals surface area contributed by atoms with Crippen molar-refractivity contribution in [3.63, 3.8) is 0 Å². The van der Waals surface area contributed by atoms with Gasteiger partial charge in [0.2, 0.25) is 11.8 Å². The van der Waals surface area contributed by atoms with Gasteiger partial charge in [-0.15, -0.1) is 54.2 Å². The maximum atomic E-state index is 12.8. The summed E-state index contributed by atoms with van der Waals surface area (Å²) in [6.45, 7) is 24.9. The normalized spacial score (nSPS) is 16.8. The molecule has 0 spiro atoms. The van der Waals surface area contributed by atoms with E-state index >= 15 is 0 Å². The summed E-state index contributed by atoms with van der Waals surface area (Å²) >= 11 is 6.46. The van der Waals surface area contributed by atoms with Crippen LogP contribution >= 0.6 is 114 Å². The van der Waals surface area contributed by atoms with E-state index in [-0.39, 0.29) is 55.5 Å². The zero-order valence-electron chi connectivity index (χ0n) is 39.8. The molecular weight excluding hydrogens is 1360 g/mol. The predicted molar refractivity (Wildman–Crippen MR) is 312 cm³/mol. The number of hydrogen-bond donors (Lipinski definition) is 2. The monoisotopic (exact) mass is 1430 g/mol. The molecule has 3 aliphatic rings. The van der Waals surface area contributed by atoms with Gasteiger partial charge >= 0.3 is 12.2 Å². The Labute approximate surface area is 458 Å². The molecule has 2 unspecified atom stereocenters. The summed E-state index contributed by atoms with van der Waals surface area (Å²) in [6.07, 6.45) is 9.43. The number of halogens is 5. The van der Waals surface area contributed by atoms with E-state index in [9.17, 15) is 24.0 Å². The lowest BCUT2D eigenvalue weighted by Gasteiger charge is -2.45. The molecule has 66 heavy (non-hydrogen) atoms. The Morgan fingerprint density at radius 2 is 1.09 bits per heavy atom. The van der Waals surface area contributed by atoms with E-state index in [0.29, 0.717) is 32.7 Å². The molecule has 6 heterocycles. The lowest BCUT2D eigenvalue weighted by molar-refractivity contribution is -0.134. The first-order valence-electron chi connectivity index (χ1n) is 20.3. The van der Waals surface area contributed by atoms with Crippen molar-refractivity contribution >= 4 is 155 Å². The number of nitrogens with one attached hydrogen (secondary N) is 2. The Morgan fingerprint density at radius 1 is 0.667 bits per heavy atom. The van der Waals surface area contributed by atoms with Crippen molar-refractivity contribution in [3.05, 3.63) is 77.1 Å². The molecule has 374 valence electrons. The topological polar surface area (TPSA) is 180 Å². The highest BCUT2D eigenvalue weighted by Crippen LogP contribution is 2.28. The van der Waals surface area contributed by atoms with Gasteiger partial charge in [-0.1, -0.05) is 0 Å². The van der Waals surface area contributed by atoms with Crippen molar-refractivity contribution in [1.29, 1.82) is 0 Å². The quantitative estimate of drug-likeness (QED) is 0.184. The van der Waals surface area contributed by atoms with Gasteiger partial charge in [0.05, 0.1) is 29.3 Å². The van der Waals surface area contributed by atoms with Crippen molar-refractivity contribution in [3.8, 4) is 0 Å². The lowest BCUT2D eigenvalue weighted by atomic mass is 9.97. The van der Waals surface area contributed by atoms with Gasteiger partial charge in [-0.3, -0.25) is 39.1 Å². The summed E-state index contributed by atoms with van der Waals surface area (Å²) in [5.74, 6) is -0.191. The van der Waals surface area contributed by atoms with Crippen molar-refractivity contribution in [2.24, 2.45) is 0 Å². The van der Waals surface area contributed by atoms with Crippen molar-refractivity contribution in [2.75, 3.05) is 49.1 Å². The Bertz CT molecular complexity index is 1940. The molecule has 3 aromatic rings. The van der Waals surface area contributed by atoms with Crippen molar-refractivity contribution < 1.29 is 34.9 Å². The van der Waals surface area contributed by atoms with Crippen LogP contribution in [0.2, 0.25) is 0 Å². The maximum Gasteiger partial charge on any atom is 0.411 e. The van der Waals surface area contributed by atoms with Crippen LogP contribution in [-0.4, -0.2) is 122 Å². The van der Waals surface area contributed by atoms with Crippen LogP contribution in [0.3, 0.4) is 0 Å². The Balaban J connectivity index is -0.000000819. The van der Waals surface area contributed by atoms with Crippen molar-refractivity contribution in [1.82, 2.24) is 35.4 Å². The highest BCUT2D eigenvalue weighted by atomic mass is 128. The zero-order chi connectivity index (χ0) is 49.1. The number of piperazine rings is 3. The van der Waals surface area contributed by atoms with E-state index in [0.717, 1.165) is 17.9 Å². The fourth-order valence-electron chi connectivity index (χ4n) is 6.06. The van der Waals surface area contributed by atoms with Gasteiger partial charge in [-0.05, 0) is 142 Å². The Hall–Kier alpha value is -1.57. The summed E-state index contributed by atoms with van der Waals surface area (Å²) in [7, 11) is 4.67. The van der Waals surface area contributed by atoms with Crippen LogP contribution in [0.25, 0.3) is 0 Å². The third kappa shape index (κ3) is 21.6. The molecule has 5 amide bonds. The molecular formula is C43H70ClI4N9O7P2. The van der Waals surface area contributed by atoms with Crippen LogP contribution in [0.1, 0.15) is 84.5 Å². The number of aromatic nitrogens is 3. The molecule has 2 N–H and O–H groups in total. The first kappa shape index (κ1) is 66.5. The van der Waals surface area contributed by atoms with Crippen LogP contribution in [0.4, 0.5) is 21.0 Å². The molecule has 3 aromatic heterocycles. The van der Waals surface area contributed by atoms with Gasteiger partial charge in [0, 0.05) is 106 Å². The molecule has 0 aromatic carbocycles. The number of carbonyl (C=O) groups excluding carboxylic acids is 5. The van der Waals surface area contributed by atoms with Gasteiger partial charge in [0.25, 0.3) is 5.91 Å². The van der Waals surface area contributed by atoms with Crippen molar-refractivity contribution in [2.45, 2.75) is 111 Å². The third-order valence-electron chi connectivity index (χ3n) is 9.29. The van der Waals surface area contributed by atoms with Crippen LogP contribution in [0.5, 0.6) is 0 Å². The standard InChI is InChI=1S/C16H23N3O3.C11H15N3O.C11H20N2O3.C5H4IN.ClH.I2.HI.H4P2.H2/c1-15(2,3)22-14(21)19-10-9-18(13(20)16(19,4)5)12-7-6-8-17-11-12;1-11(2)10(15)14(7-6-13-11)9-4-3-5-12-8-9;1-10(2,3)16-9(15)13-7-6-12-8(14)11(13,4)5;6-5-2-1-3-7-4-5;;1-2;;1-2;/h6-8,11H,9-10H2,1-5H3;3-5,8,13H,6-7H2,1-2H3;6-7H2,1-5H3,(H,12,14);1-4H;1H;;1H;1-2H2;1H. The van der Waals surface area contributed by atoms with E-state index in [1.165, 1.54) is 13.4 Å². The van der Waals surface area contributed by atoms with Crippen LogP contribution in [0, 0.1) is 3.57 Å². The Kier molecular flexibility index (Phi) is 31.2. The van der Waals surface area contributed by atoms with E-state index in [4.69, 9.17) is 9.47 Å². The number of hydrogen-bond acceptors (Lipinski definition) is 11. The first-order valence-corrected chi connectivity index (χ1v) is 30.3. The Morgan fingerprint density at radius 3 is 1.47 bits per heavy atom. The van der Waals surface area contributed by atoms with Gasteiger partial charge in [0.1, 0.15) is 22.3 Å². The van der Waals surface area contributed by atoms with E-state index in [2.05, 4.69) is 103 Å². The number of pyridine rings is 3. The van der Waals surface area contributed by atoms with Crippen LogP contribution in [0.15, 0.2) is 73.6 Å². The molecule has 0 aliphatic carbocycles. The number of nitrogens with zero attached hydrogens (tertiary/aromatic N) is 7. The number of carbonyl (C=O) groups is 5. The molecule has 0 bridgehead atoms. The van der Waals surface area contributed by atoms with E-state index < -0.39 is 40.0 Å². The summed E-state index contributed by atoms with van der Waals surface area (Å²) in [5, 5.41) is 5.93. The van der Waals surface area contributed by atoms with Gasteiger partial charge in [-0.25, -0.2) is 9.59 Å². The molecule has 3 saturated heterocycles. The molecule has 2 atom stereocenters. The van der Waals surface area contributed by atoms with Gasteiger partial charge in [0.15, 0.2) is 0 Å². The molecule has 16 nitrogen and oxygen atoms in total. The largest absolute Gasteiger partial charge is 0.444 e. The molecule has 3 aliphatic heterocycles. The average molecular weight is 1430 g/mol. The van der Waals surface area contributed by atoms with Crippen LogP contribution < -0.4 is 20.4 Å². The lowest BCUT2D eigenvalue weighted by Crippen LogP contribution is -2.65. The summed E-state index contributed by atoms with van der Waals surface area (Å²) < 4.78 is 11.9. The maximum absolute atomic E-state index is 12.8. The SMILES string of the molecule is CC(C)(C)OC(=O)N1CCN(c2cccnc2)C(=O)C1(C)C.CC(C)(C)OC(=O)N1CCNC(=O)C1(C)C.CC1(C)NCCN(c2cccnc2)C1=O.Cl.I.II.Ic1cccnc1.PP.[HH].